The maximum atomic E-state index is 12.4. The molecule has 0 aromatic heterocycles. The van der Waals surface area contributed by atoms with Gasteiger partial charge in [0.2, 0.25) is 5.91 Å². The van der Waals surface area contributed by atoms with Crippen LogP contribution in [0.3, 0.4) is 0 Å². The second-order valence-electron chi connectivity index (χ2n) is 7.06. The van der Waals surface area contributed by atoms with Crippen molar-refractivity contribution >= 4 is 23.3 Å². The molecular weight excluding hydrogens is 386 g/mol. The second kappa shape index (κ2) is 11.0. The van der Waals surface area contributed by atoms with Gasteiger partial charge in [0.1, 0.15) is 0 Å². The number of hydrogen-bond donors (Lipinski definition) is 1. The van der Waals surface area contributed by atoms with Gasteiger partial charge in [0.25, 0.3) is 0 Å². The third kappa shape index (κ3) is 6.92. The average molecular weight is 413 g/mol. The molecule has 0 radical (unpaired) electrons. The third-order valence-electron chi connectivity index (χ3n) is 3.91. The van der Waals surface area contributed by atoms with Crippen LogP contribution in [-0.4, -0.2) is 37.5 Å². The fourth-order valence-electron chi connectivity index (χ4n) is 2.52. The summed E-state index contributed by atoms with van der Waals surface area (Å²) in [6, 6.07) is 11.1. The van der Waals surface area contributed by atoms with Crippen molar-refractivity contribution in [1.29, 1.82) is 0 Å². The number of benzene rings is 2. The molecule has 0 saturated heterocycles. The van der Waals surface area contributed by atoms with Crippen LogP contribution in [0.2, 0.25) is 0 Å². The highest BCUT2D eigenvalue weighted by atomic mass is 16.5. The lowest BCUT2D eigenvalue weighted by atomic mass is 10.1. The van der Waals surface area contributed by atoms with Crippen LogP contribution in [-0.2, 0) is 9.53 Å². The lowest BCUT2D eigenvalue weighted by Gasteiger charge is -2.14. The van der Waals surface area contributed by atoms with Gasteiger partial charge in [-0.3, -0.25) is 9.59 Å². The predicted molar refractivity (Wildman–Crippen MR) is 113 cm³/mol. The first kappa shape index (κ1) is 22.9. The minimum absolute atomic E-state index is 0.199. The summed E-state index contributed by atoms with van der Waals surface area (Å²) in [5.74, 6) is 0.177. The van der Waals surface area contributed by atoms with E-state index in [1.807, 2.05) is 20.8 Å². The summed E-state index contributed by atoms with van der Waals surface area (Å²) in [5.41, 5.74) is 1.23. The zero-order chi connectivity index (χ0) is 22.1. The van der Waals surface area contributed by atoms with Crippen LogP contribution in [0.5, 0.6) is 11.5 Å². The average Bonchev–Trinajstić information content (AvgIpc) is 2.71. The molecule has 0 aliphatic rings. The molecule has 30 heavy (non-hydrogen) atoms. The van der Waals surface area contributed by atoms with Gasteiger partial charge >= 0.3 is 5.97 Å². The highest BCUT2D eigenvalue weighted by Crippen LogP contribution is 2.29. The number of ketones is 1. The van der Waals surface area contributed by atoms with E-state index >= 15 is 0 Å². The Morgan fingerprint density at radius 1 is 0.933 bits per heavy atom. The standard InChI is InChI=1S/C23H27NO6/c1-5-28-22-12-18(8-11-21(22)29-13-15(2)3)23(27)30-14-20(26)17-6-9-19(10-7-17)24-16(4)25/h6-12,15H,5,13-14H2,1-4H3,(H,24,25). The van der Waals surface area contributed by atoms with Gasteiger partial charge in [0.15, 0.2) is 23.9 Å². The molecule has 0 saturated carbocycles. The zero-order valence-corrected chi connectivity index (χ0v) is 17.7. The summed E-state index contributed by atoms with van der Waals surface area (Å²) in [4.78, 5) is 35.7. The molecule has 0 spiro atoms. The van der Waals surface area contributed by atoms with Crippen molar-refractivity contribution < 1.29 is 28.6 Å². The van der Waals surface area contributed by atoms with E-state index in [2.05, 4.69) is 5.32 Å². The molecule has 0 heterocycles. The van der Waals surface area contributed by atoms with Gasteiger partial charge in [-0.2, -0.15) is 0 Å². The molecule has 0 aliphatic heterocycles. The Hall–Kier alpha value is -3.35. The maximum absolute atomic E-state index is 12.4. The van der Waals surface area contributed by atoms with Crippen molar-refractivity contribution in [3.8, 4) is 11.5 Å². The summed E-state index contributed by atoms with van der Waals surface area (Å²) in [6.07, 6.45) is 0. The normalized spacial score (nSPS) is 10.4. The van der Waals surface area contributed by atoms with Crippen LogP contribution in [0.1, 0.15) is 48.4 Å². The number of nitrogens with one attached hydrogen (secondary N) is 1. The Labute approximate surface area is 176 Å². The number of hydrogen-bond acceptors (Lipinski definition) is 6. The Kier molecular flexibility index (Phi) is 8.41. The van der Waals surface area contributed by atoms with Crippen molar-refractivity contribution in [3.05, 3.63) is 53.6 Å². The summed E-state index contributed by atoms with van der Waals surface area (Å²) >= 11 is 0. The van der Waals surface area contributed by atoms with Gasteiger partial charge < -0.3 is 19.5 Å². The maximum Gasteiger partial charge on any atom is 0.338 e. The highest BCUT2D eigenvalue weighted by molar-refractivity contribution is 6.00. The Morgan fingerprint density at radius 3 is 2.20 bits per heavy atom. The molecule has 0 bridgehead atoms. The number of Topliss-reactive ketones (excluding diaryl/α,β-unsaturated/α-hetero) is 1. The van der Waals surface area contributed by atoms with E-state index in [1.165, 1.54) is 6.92 Å². The number of amides is 1. The van der Waals surface area contributed by atoms with Crippen LogP contribution in [0.4, 0.5) is 5.69 Å². The molecule has 0 fully saturated rings. The number of carbonyl (C=O) groups is 3. The second-order valence-corrected chi connectivity index (χ2v) is 7.06. The van der Waals surface area contributed by atoms with E-state index in [-0.39, 0.29) is 17.3 Å². The minimum atomic E-state index is -0.630. The van der Waals surface area contributed by atoms with Gasteiger partial charge in [-0.25, -0.2) is 4.79 Å². The first-order valence-corrected chi connectivity index (χ1v) is 9.77. The van der Waals surface area contributed by atoms with Crippen molar-refractivity contribution in [2.45, 2.75) is 27.7 Å². The molecule has 2 aromatic carbocycles. The minimum Gasteiger partial charge on any atom is -0.490 e. The van der Waals surface area contributed by atoms with E-state index in [4.69, 9.17) is 14.2 Å². The molecule has 0 aliphatic carbocycles. The fourth-order valence-corrected chi connectivity index (χ4v) is 2.52. The lowest BCUT2D eigenvalue weighted by molar-refractivity contribution is -0.114. The summed E-state index contributed by atoms with van der Waals surface area (Å²) in [5, 5.41) is 2.62. The van der Waals surface area contributed by atoms with Gasteiger partial charge in [-0.05, 0) is 55.3 Å². The molecule has 7 nitrogen and oxygen atoms in total. The van der Waals surface area contributed by atoms with Gasteiger partial charge in [-0.15, -0.1) is 0 Å². The number of anilines is 1. The van der Waals surface area contributed by atoms with E-state index in [9.17, 15) is 14.4 Å². The van der Waals surface area contributed by atoms with E-state index in [0.29, 0.717) is 41.9 Å². The molecule has 1 amide bonds. The summed E-state index contributed by atoms with van der Waals surface area (Å²) in [7, 11) is 0. The van der Waals surface area contributed by atoms with Gasteiger partial charge in [-0.1, -0.05) is 13.8 Å². The SMILES string of the molecule is CCOc1cc(C(=O)OCC(=O)c2ccc(NC(C)=O)cc2)ccc1OCC(C)C. The van der Waals surface area contributed by atoms with E-state index in [1.54, 1.807) is 42.5 Å². The molecule has 160 valence electrons. The van der Waals surface area contributed by atoms with Gasteiger partial charge in [0, 0.05) is 18.2 Å². The molecule has 0 atom stereocenters. The lowest BCUT2D eigenvalue weighted by Crippen LogP contribution is -2.15. The first-order valence-electron chi connectivity index (χ1n) is 9.77. The van der Waals surface area contributed by atoms with Gasteiger partial charge in [0.05, 0.1) is 18.8 Å². The number of esters is 1. The number of carbonyl (C=O) groups excluding carboxylic acids is 3. The van der Waals surface area contributed by atoms with Crippen LogP contribution in [0.15, 0.2) is 42.5 Å². The summed E-state index contributed by atoms with van der Waals surface area (Å²) in [6.45, 7) is 7.87. The van der Waals surface area contributed by atoms with Crippen LogP contribution < -0.4 is 14.8 Å². The Balaban J connectivity index is 2.00. The van der Waals surface area contributed by atoms with E-state index in [0.717, 1.165) is 0 Å². The Bertz CT molecular complexity index is 889. The molecule has 2 aromatic rings. The van der Waals surface area contributed by atoms with Crippen molar-refractivity contribution in [3.63, 3.8) is 0 Å². The number of rotatable bonds is 10. The largest absolute Gasteiger partial charge is 0.490 e. The van der Waals surface area contributed by atoms with Crippen LogP contribution in [0.25, 0.3) is 0 Å². The summed E-state index contributed by atoms with van der Waals surface area (Å²) < 4.78 is 16.4. The van der Waals surface area contributed by atoms with Crippen LogP contribution in [0, 0.1) is 5.92 Å². The zero-order valence-electron chi connectivity index (χ0n) is 17.7. The highest BCUT2D eigenvalue weighted by Gasteiger charge is 2.15. The third-order valence-corrected chi connectivity index (χ3v) is 3.91. The van der Waals surface area contributed by atoms with Crippen molar-refractivity contribution in [2.75, 3.05) is 25.1 Å². The number of ether oxygens (including phenoxy) is 3. The topological polar surface area (TPSA) is 90.9 Å². The molecule has 7 heteroatoms. The van der Waals surface area contributed by atoms with E-state index < -0.39 is 12.6 Å². The molecule has 2 rings (SSSR count). The smallest absolute Gasteiger partial charge is 0.338 e. The van der Waals surface area contributed by atoms with Crippen molar-refractivity contribution in [1.82, 2.24) is 0 Å². The predicted octanol–water partition coefficient (Wildman–Crippen LogP) is 4.12. The molecule has 1 N–H and O–H groups in total. The molecule has 0 unspecified atom stereocenters. The monoisotopic (exact) mass is 413 g/mol. The van der Waals surface area contributed by atoms with Crippen LogP contribution >= 0.6 is 0 Å². The molecular formula is C23H27NO6. The quantitative estimate of drug-likeness (QED) is 0.465. The fraction of sp³-hybridized carbons (Fsp3) is 0.348. The Morgan fingerprint density at radius 2 is 1.60 bits per heavy atom. The first-order chi connectivity index (χ1) is 14.3. The van der Waals surface area contributed by atoms with Crippen molar-refractivity contribution in [2.24, 2.45) is 5.92 Å².